The van der Waals surface area contributed by atoms with Gasteiger partial charge in [-0.2, -0.15) is 13.2 Å². The van der Waals surface area contributed by atoms with Crippen molar-refractivity contribution in [1.82, 2.24) is 15.0 Å². The number of alkyl halides is 3. The second-order valence-corrected chi connectivity index (χ2v) is 2.87. The van der Waals surface area contributed by atoms with Gasteiger partial charge in [-0.3, -0.25) is 0 Å². The number of hydrogen-bond acceptors (Lipinski definition) is 3. The van der Waals surface area contributed by atoms with E-state index in [1.54, 1.807) is 0 Å². The van der Waals surface area contributed by atoms with Crippen molar-refractivity contribution in [3.63, 3.8) is 0 Å². The maximum absolute atomic E-state index is 12.1. The molecule has 1 N–H and O–H groups in total. The first-order valence-electron chi connectivity index (χ1n) is 3.46. The van der Waals surface area contributed by atoms with E-state index in [9.17, 15) is 13.2 Å². The van der Waals surface area contributed by atoms with E-state index in [4.69, 9.17) is 5.11 Å². The molecule has 4 nitrogen and oxygen atoms in total. The Labute approximate surface area is 72.0 Å². The molecule has 1 aromatic heterocycles. The summed E-state index contributed by atoms with van der Waals surface area (Å²) in [7, 11) is 0. The largest absolute Gasteiger partial charge is 0.418 e. The van der Waals surface area contributed by atoms with Gasteiger partial charge in [0.25, 0.3) is 0 Å². The van der Waals surface area contributed by atoms with Crippen LogP contribution in [0.3, 0.4) is 0 Å². The summed E-state index contributed by atoms with van der Waals surface area (Å²) in [6.07, 6.45) is -2.17. The first-order chi connectivity index (χ1) is 5.83. The van der Waals surface area contributed by atoms with Crippen molar-refractivity contribution in [3.05, 3.63) is 12.4 Å². The Morgan fingerprint density at radius 1 is 1.46 bits per heavy atom. The lowest BCUT2D eigenvalue weighted by atomic mass is 10.1. The van der Waals surface area contributed by atoms with E-state index in [0.717, 1.165) is 4.68 Å². The van der Waals surface area contributed by atoms with Crippen molar-refractivity contribution in [3.8, 4) is 0 Å². The molecule has 0 saturated heterocycles. The van der Waals surface area contributed by atoms with Crippen LogP contribution < -0.4 is 0 Å². The Morgan fingerprint density at radius 2 is 2.08 bits per heavy atom. The Bertz CT molecular complexity index is 267. The zero-order chi connectivity index (χ0) is 10.1. The molecule has 1 atom stereocenters. The highest BCUT2D eigenvalue weighted by Gasteiger charge is 2.50. The minimum Gasteiger partial charge on any atom is -0.379 e. The van der Waals surface area contributed by atoms with Crippen LogP contribution in [-0.2, 0) is 6.54 Å². The number of rotatable bonds is 2. The van der Waals surface area contributed by atoms with Gasteiger partial charge in [0.1, 0.15) is 0 Å². The van der Waals surface area contributed by atoms with E-state index < -0.39 is 18.3 Å². The van der Waals surface area contributed by atoms with Crippen LogP contribution in [0, 0.1) is 0 Å². The van der Waals surface area contributed by atoms with E-state index in [1.165, 1.54) is 12.4 Å². The third kappa shape index (κ3) is 2.18. The molecule has 7 heteroatoms. The minimum atomic E-state index is -4.67. The second kappa shape index (κ2) is 2.99. The average Bonchev–Trinajstić information content (AvgIpc) is 2.35. The summed E-state index contributed by atoms with van der Waals surface area (Å²) in [5.74, 6) is 0. The third-order valence-electron chi connectivity index (χ3n) is 1.55. The Morgan fingerprint density at radius 3 is 2.46 bits per heavy atom. The van der Waals surface area contributed by atoms with E-state index in [0.29, 0.717) is 6.92 Å². The van der Waals surface area contributed by atoms with Gasteiger partial charge in [0.15, 0.2) is 5.60 Å². The molecule has 0 bridgehead atoms. The Balaban J connectivity index is 2.73. The molecule has 0 spiro atoms. The number of aliphatic hydroxyl groups is 1. The first kappa shape index (κ1) is 9.97. The first-order valence-corrected chi connectivity index (χ1v) is 3.46. The predicted molar refractivity (Wildman–Crippen MR) is 36.7 cm³/mol. The van der Waals surface area contributed by atoms with Crippen molar-refractivity contribution in [2.45, 2.75) is 25.2 Å². The molecule has 0 radical (unpaired) electrons. The third-order valence-corrected chi connectivity index (χ3v) is 1.55. The predicted octanol–water partition coefficient (Wildman–Crippen LogP) is 0.591. The highest BCUT2D eigenvalue weighted by molar-refractivity contribution is 4.82. The fourth-order valence-electron chi connectivity index (χ4n) is 0.722. The number of halogens is 3. The van der Waals surface area contributed by atoms with Crippen molar-refractivity contribution >= 4 is 0 Å². The molecule has 0 saturated carbocycles. The van der Waals surface area contributed by atoms with Crippen LogP contribution in [0.25, 0.3) is 0 Å². The lowest BCUT2D eigenvalue weighted by molar-refractivity contribution is -0.258. The number of nitrogens with zero attached hydrogens (tertiary/aromatic N) is 3. The summed E-state index contributed by atoms with van der Waals surface area (Å²) in [4.78, 5) is 0. The van der Waals surface area contributed by atoms with Crippen LogP contribution in [0.2, 0.25) is 0 Å². The number of aromatic nitrogens is 3. The molecular weight excluding hydrogens is 187 g/mol. The van der Waals surface area contributed by atoms with E-state index >= 15 is 0 Å². The molecular formula is C6H8F3N3O. The standard InChI is InChI=1S/C6H8F3N3O/c1-5(13,6(7,8)9)4-12-3-2-10-11-12/h2-3,13H,4H2,1H3. The van der Waals surface area contributed by atoms with Crippen molar-refractivity contribution in [2.24, 2.45) is 0 Å². The smallest absolute Gasteiger partial charge is 0.379 e. The van der Waals surface area contributed by atoms with Gasteiger partial charge in [-0.05, 0) is 6.92 Å². The van der Waals surface area contributed by atoms with Gasteiger partial charge in [0.05, 0.1) is 12.7 Å². The molecule has 0 aliphatic heterocycles. The number of hydrogen-bond donors (Lipinski definition) is 1. The quantitative estimate of drug-likeness (QED) is 0.751. The lowest BCUT2D eigenvalue weighted by Gasteiger charge is -2.25. The Hall–Kier alpha value is -1.11. The monoisotopic (exact) mass is 195 g/mol. The minimum absolute atomic E-state index is 0.656. The van der Waals surface area contributed by atoms with E-state index in [-0.39, 0.29) is 0 Å². The van der Waals surface area contributed by atoms with Gasteiger partial charge >= 0.3 is 6.18 Å². The zero-order valence-electron chi connectivity index (χ0n) is 6.78. The van der Waals surface area contributed by atoms with Gasteiger partial charge in [-0.15, -0.1) is 5.10 Å². The lowest BCUT2D eigenvalue weighted by Crippen LogP contribution is -2.45. The second-order valence-electron chi connectivity index (χ2n) is 2.87. The van der Waals surface area contributed by atoms with Crippen molar-refractivity contribution in [2.75, 3.05) is 0 Å². The van der Waals surface area contributed by atoms with Gasteiger partial charge in [-0.25, -0.2) is 4.68 Å². The molecule has 0 amide bonds. The summed E-state index contributed by atoms with van der Waals surface area (Å²) >= 11 is 0. The van der Waals surface area contributed by atoms with E-state index in [1.807, 2.05) is 0 Å². The molecule has 0 fully saturated rings. The van der Waals surface area contributed by atoms with Crippen molar-refractivity contribution in [1.29, 1.82) is 0 Å². The molecule has 1 aromatic rings. The highest BCUT2D eigenvalue weighted by atomic mass is 19.4. The van der Waals surface area contributed by atoms with Crippen LogP contribution in [0.4, 0.5) is 13.2 Å². The van der Waals surface area contributed by atoms with Gasteiger partial charge in [0.2, 0.25) is 0 Å². The molecule has 0 aliphatic carbocycles. The zero-order valence-corrected chi connectivity index (χ0v) is 6.78. The normalized spacial score (nSPS) is 17.0. The molecule has 1 heterocycles. The summed E-state index contributed by atoms with van der Waals surface area (Å²) in [5.41, 5.74) is -2.78. The molecule has 0 aliphatic rings. The Kier molecular flexibility index (Phi) is 2.29. The van der Waals surface area contributed by atoms with Crippen LogP contribution in [0.15, 0.2) is 12.4 Å². The van der Waals surface area contributed by atoms with Gasteiger partial charge in [0, 0.05) is 6.20 Å². The van der Waals surface area contributed by atoms with E-state index in [2.05, 4.69) is 10.3 Å². The SMILES string of the molecule is CC(O)(Cn1ccnn1)C(F)(F)F. The average molecular weight is 195 g/mol. The van der Waals surface area contributed by atoms with Crippen molar-refractivity contribution < 1.29 is 18.3 Å². The van der Waals surface area contributed by atoms with Gasteiger partial charge in [-0.1, -0.05) is 5.21 Å². The molecule has 1 rings (SSSR count). The summed E-state index contributed by atoms with van der Waals surface area (Å²) in [5, 5.41) is 15.7. The van der Waals surface area contributed by atoms with Gasteiger partial charge < -0.3 is 5.11 Å². The molecule has 13 heavy (non-hydrogen) atoms. The summed E-state index contributed by atoms with van der Waals surface area (Å²) in [6, 6.07) is 0. The van der Waals surface area contributed by atoms with Crippen LogP contribution >= 0.6 is 0 Å². The summed E-state index contributed by atoms with van der Waals surface area (Å²) in [6.45, 7) is 0.0329. The molecule has 0 aromatic carbocycles. The molecule has 1 unspecified atom stereocenters. The highest BCUT2D eigenvalue weighted by Crippen LogP contribution is 2.30. The fourth-order valence-corrected chi connectivity index (χ4v) is 0.722. The maximum atomic E-state index is 12.1. The van der Waals surface area contributed by atoms with Crippen LogP contribution in [0.1, 0.15) is 6.92 Å². The fraction of sp³-hybridized carbons (Fsp3) is 0.667. The topological polar surface area (TPSA) is 50.9 Å². The summed E-state index contributed by atoms with van der Waals surface area (Å²) < 4.78 is 37.3. The molecule has 74 valence electrons. The maximum Gasteiger partial charge on any atom is 0.418 e. The van der Waals surface area contributed by atoms with Crippen LogP contribution in [-0.4, -0.2) is 31.9 Å². The van der Waals surface area contributed by atoms with Crippen LogP contribution in [0.5, 0.6) is 0 Å².